The summed E-state index contributed by atoms with van der Waals surface area (Å²) in [5.74, 6) is 2.46. The van der Waals surface area contributed by atoms with Crippen molar-refractivity contribution < 1.29 is 14.2 Å². The first kappa shape index (κ1) is 21.6. The van der Waals surface area contributed by atoms with Crippen molar-refractivity contribution in [1.29, 1.82) is 0 Å². The number of benzene rings is 2. The van der Waals surface area contributed by atoms with E-state index >= 15 is 0 Å². The Bertz CT molecular complexity index is 717. The fourth-order valence-electron chi connectivity index (χ4n) is 2.57. The summed E-state index contributed by atoms with van der Waals surface area (Å²) in [7, 11) is 3.34. The summed E-state index contributed by atoms with van der Waals surface area (Å²) in [6.07, 6.45) is 0.927. The normalized spacial score (nSPS) is 11.2. The molecular formula is C22H31N3O3. The van der Waals surface area contributed by atoms with Gasteiger partial charge in [-0.2, -0.15) is 0 Å². The van der Waals surface area contributed by atoms with Gasteiger partial charge in [0.25, 0.3) is 0 Å². The first-order valence-corrected chi connectivity index (χ1v) is 9.61. The topological polar surface area (TPSA) is 64.1 Å². The summed E-state index contributed by atoms with van der Waals surface area (Å²) in [6, 6.07) is 16.0. The van der Waals surface area contributed by atoms with Gasteiger partial charge in [0.05, 0.1) is 20.8 Å². The number of rotatable bonds is 11. The van der Waals surface area contributed by atoms with Crippen LogP contribution in [0.5, 0.6) is 11.5 Å². The largest absolute Gasteiger partial charge is 0.497 e. The van der Waals surface area contributed by atoms with E-state index in [1.165, 1.54) is 0 Å². The predicted octanol–water partition coefficient (Wildman–Crippen LogP) is 3.37. The van der Waals surface area contributed by atoms with Crippen molar-refractivity contribution >= 4 is 5.96 Å². The first-order valence-electron chi connectivity index (χ1n) is 9.61. The Morgan fingerprint density at radius 1 is 0.929 bits per heavy atom. The molecule has 0 heterocycles. The van der Waals surface area contributed by atoms with E-state index in [2.05, 4.69) is 10.6 Å². The van der Waals surface area contributed by atoms with Crippen LogP contribution >= 0.6 is 0 Å². The van der Waals surface area contributed by atoms with Crippen LogP contribution in [0, 0.1) is 0 Å². The van der Waals surface area contributed by atoms with E-state index in [1.807, 2.05) is 55.5 Å². The molecule has 0 saturated heterocycles. The maximum absolute atomic E-state index is 5.40. The van der Waals surface area contributed by atoms with Gasteiger partial charge in [0, 0.05) is 26.3 Å². The van der Waals surface area contributed by atoms with Crippen LogP contribution in [0.4, 0.5) is 0 Å². The SMILES string of the molecule is CCOCCCNC(=NCc1cccc(OC)c1)NCc1ccc(OC)cc1. The van der Waals surface area contributed by atoms with Crippen LogP contribution < -0.4 is 20.1 Å². The van der Waals surface area contributed by atoms with E-state index in [4.69, 9.17) is 19.2 Å². The number of guanidine groups is 1. The molecule has 0 aromatic heterocycles. The van der Waals surface area contributed by atoms with Crippen molar-refractivity contribution in [1.82, 2.24) is 10.6 Å². The van der Waals surface area contributed by atoms with Crippen molar-refractivity contribution in [3.05, 3.63) is 59.7 Å². The van der Waals surface area contributed by atoms with Crippen LogP contribution in [0.15, 0.2) is 53.5 Å². The van der Waals surface area contributed by atoms with Gasteiger partial charge in [-0.15, -0.1) is 0 Å². The molecule has 0 radical (unpaired) electrons. The molecule has 0 spiro atoms. The molecule has 0 saturated carbocycles. The number of nitrogens with one attached hydrogen (secondary N) is 2. The highest BCUT2D eigenvalue weighted by molar-refractivity contribution is 5.79. The third-order valence-corrected chi connectivity index (χ3v) is 4.13. The maximum Gasteiger partial charge on any atom is 0.191 e. The predicted molar refractivity (Wildman–Crippen MR) is 113 cm³/mol. The summed E-state index contributed by atoms with van der Waals surface area (Å²) in [5.41, 5.74) is 2.25. The summed E-state index contributed by atoms with van der Waals surface area (Å²) < 4.78 is 15.9. The zero-order valence-corrected chi connectivity index (χ0v) is 17.0. The molecule has 28 heavy (non-hydrogen) atoms. The Balaban J connectivity index is 1.95. The molecule has 6 nitrogen and oxygen atoms in total. The van der Waals surface area contributed by atoms with Crippen LogP contribution in [0.3, 0.4) is 0 Å². The highest BCUT2D eigenvalue weighted by Crippen LogP contribution is 2.13. The maximum atomic E-state index is 5.40. The minimum atomic E-state index is 0.570. The number of nitrogens with zero attached hydrogens (tertiary/aromatic N) is 1. The third-order valence-electron chi connectivity index (χ3n) is 4.13. The van der Waals surface area contributed by atoms with E-state index in [1.54, 1.807) is 14.2 Å². The van der Waals surface area contributed by atoms with Gasteiger partial charge in [-0.1, -0.05) is 24.3 Å². The monoisotopic (exact) mass is 385 g/mol. The highest BCUT2D eigenvalue weighted by atomic mass is 16.5. The second-order valence-electron chi connectivity index (χ2n) is 6.20. The fourth-order valence-corrected chi connectivity index (χ4v) is 2.57. The number of hydrogen-bond acceptors (Lipinski definition) is 4. The van der Waals surface area contributed by atoms with Crippen molar-refractivity contribution in [3.63, 3.8) is 0 Å². The van der Waals surface area contributed by atoms with Gasteiger partial charge in [0.1, 0.15) is 11.5 Å². The average Bonchev–Trinajstić information content (AvgIpc) is 2.75. The molecule has 0 atom stereocenters. The minimum Gasteiger partial charge on any atom is -0.497 e. The van der Waals surface area contributed by atoms with Crippen LogP contribution in [0.2, 0.25) is 0 Å². The third kappa shape index (κ3) is 7.88. The van der Waals surface area contributed by atoms with Crippen molar-refractivity contribution in [2.45, 2.75) is 26.4 Å². The van der Waals surface area contributed by atoms with Crippen LogP contribution in [-0.2, 0) is 17.8 Å². The Hall–Kier alpha value is -2.73. The lowest BCUT2D eigenvalue weighted by Crippen LogP contribution is -2.37. The quantitative estimate of drug-likeness (QED) is 0.353. The van der Waals surface area contributed by atoms with Gasteiger partial charge >= 0.3 is 0 Å². The Labute approximate surface area is 167 Å². The zero-order chi connectivity index (χ0) is 20.0. The van der Waals surface area contributed by atoms with Gasteiger partial charge in [0.15, 0.2) is 5.96 Å². The molecule has 6 heteroatoms. The number of aliphatic imine (C=N–C) groups is 1. The summed E-state index contributed by atoms with van der Waals surface area (Å²) in [5, 5.41) is 6.76. The number of methoxy groups -OCH3 is 2. The number of hydrogen-bond donors (Lipinski definition) is 2. The molecule has 0 fully saturated rings. The van der Waals surface area contributed by atoms with Crippen LogP contribution in [0.1, 0.15) is 24.5 Å². The Morgan fingerprint density at radius 3 is 2.43 bits per heavy atom. The van der Waals surface area contributed by atoms with Crippen molar-refractivity contribution in [2.24, 2.45) is 4.99 Å². The second kappa shape index (κ2) is 12.6. The Kier molecular flexibility index (Phi) is 9.72. The van der Waals surface area contributed by atoms with Crippen molar-refractivity contribution in [3.8, 4) is 11.5 Å². The molecule has 2 N–H and O–H groups in total. The van der Waals surface area contributed by atoms with Gasteiger partial charge in [-0.05, 0) is 48.7 Å². The molecule has 2 aromatic rings. The standard InChI is InChI=1S/C22H31N3O3/c1-4-28-14-6-13-23-22(24-16-18-9-11-20(26-2)12-10-18)25-17-19-7-5-8-21(15-19)27-3/h5,7-12,15H,4,6,13-14,16-17H2,1-3H3,(H2,23,24,25). The van der Waals surface area contributed by atoms with Gasteiger partial charge < -0.3 is 24.8 Å². The smallest absolute Gasteiger partial charge is 0.191 e. The van der Waals surface area contributed by atoms with Gasteiger partial charge in [-0.25, -0.2) is 4.99 Å². The molecule has 0 aliphatic heterocycles. The summed E-state index contributed by atoms with van der Waals surface area (Å²) in [4.78, 5) is 4.71. The fraction of sp³-hybridized carbons (Fsp3) is 0.409. The zero-order valence-electron chi connectivity index (χ0n) is 17.0. The molecule has 0 unspecified atom stereocenters. The van der Waals surface area contributed by atoms with Gasteiger partial charge in [0.2, 0.25) is 0 Å². The summed E-state index contributed by atoms with van der Waals surface area (Å²) in [6.45, 7) is 5.54. The lowest BCUT2D eigenvalue weighted by atomic mass is 10.2. The van der Waals surface area contributed by atoms with E-state index < -0.39 is 0 Å². The van der Waals surface area contributed by atoms with Gasteiger partial charge in [-0.3, -0.25) is 0 Å². The molecule has 0 aliphatic rings. The lowest BCUT2D eigenvalue weighted by Gasteiger charge is -2.13. The van der Waals surface area contributed by atoms with E-state index in [-0.39, 0.29) is 0 Å². The first-order chi connectivity index (χ1) is 13.7. The average molecular weight is 386 g/mol. The molecular weight excluding hydrogens is 354 g/mol. The molecule has 0 amide bonds. The van der Waals surface area contributed by atoms with Crippen molar-refractivity contribution in [2.75, 3.05) is 34.0 Å². The molecule has 2 aromatic carbocycles. The highest BCUT2D eigenvalue weighted by Gasteiger charge is 2.02. The summed E-state index contributed by atoms with van der Waals surface area (Å²) >= 11 is 0. The lowest BCUT2D eigenvalue weighted by molar-refractivity contribution is 0.145. The van der Waals surface area contributed by atoms with E-state index in [0.717, 1.165) is 54.8 Å². The molecule has 2 rings (SSSR count). The number of ether oxygens (including phenoxy) is 3. The van der Waals surface area contributed by atoms with Crippen LogP contribution in [0.25, 0.3) is 0 Å². The second-order valence-corrected chi connectivity index (χ2v) is 6.20. The molecule has 152 valence electrons. The van der Waals surface area contributed by atoms with Crippen LogP contribution in [-0.4, -0.2) is 39.9 Å². The van der Waals surface area contributed by atoms with E-state index in [0.29, 0.717) is 13.1 Å². The molecule has 0 bridgehead atoms. The van der Waals surface area contributed by atoms with E-state index in [9.17, 15) is 0 Å². The molecule has 0 aliphatic carbocycles. The Morgan fingerprint density at radius 2 is 1.71 bits per heavy atom. The minimum absolute atomic E-state index is 0.570.